The largest absolute Gasteiger partial charge is 0.465 e. The Hall–Kier alpha value is -2.38. The molecule has 6 nitrogen and oxygen atoms in total. The van der Waals surface area contributed by atoms with Crippen LogP contribution in [0.25, 0.3) is 5.57 Å². The Balaban J connectivity index is 1.90. The van der Waals surface area contributed by atoms with E-state index in [2.05, 4.69) is 10.0 Å². The van der Waals surface area contributed by atoms with Crippen molar-refractivity contribution in [3.8, 4) is 0 Å². The average molecular weight is 346 g/mol. The molecule has 2 heterocycles. The molecule has 0 fully saturated rings. The molecular weight excluding hydrogens is 328 g/mol. The van der Waals surface area contributed by atoms with Crippen LogP contribution in [-0.2, 0) is 21.4 Å². The van der Waals surface area contributed by atoms with E-state index in [1.165, 1.54) is 12.1 Å². The highest BCUT2D eigenvalue weighted by atomic mass is 32.2. The number of nitrogens with one attached hydrogen (secondary N) is 2. The lowest BCUT2D eigenvalue weighted by Crippen LogP contribution is -2.23. The van der Waals surface area contributed by atoms with Crippen LogP contribution in [0.4, 0.5) is 5.69 Å². The van der Waals surface area contributed by atoms with Crippen LogP contribution in [0, 0.1) is 6.92 Å². The number of rotatable bonds is 4. The smallest absolute Gasteiger partial charge is 0.256 e. The zero-order valence-electron chi connectivity index (χ0n) is 13.6. The van der Waals surface area contributed by atoms with E-state index in [1.807, 2.05) is 13.8 Å². The van der Waals surface area contributed by atoms with Crippen LogP contribution in [0.15, 0.2) is 45.2 Å². The van der Waals surface area contributed by atoms with Crippen molar-refractivity contribution in [3.05, 3.63) is 53.0 Å². The Morgan fingerprint density at radius 1 is 1.21 bits per heavy atom. The number of furan rings is 1. The van der Waals surface area contributed by atoms with Crippen LogP contribution >= 0.6 is 0 Å². The van der Waals surface area contributed by atoms with Crippen LogP contribution in [0.5, 0.6) is 0 Å². The van der Waals surface area contributed by atoms with E-state index in [-0.39, 0.29) is 17.3 Å². The standard InChI is InChI=1S/C17H18N2O4S/c1-10(2)16-14-8-13(6-7-15(14)19-17(16)20)24(21,22)18-9-12-5-4-11(3)23-12/h4-8,18H,9H2,1-3H3,(H,19,20). The first-order valence-electron chi connectivity index (χ1n) is 7.46. The molecule has 126 valence electrons. The van der Waals surface area contributed by atoms with Crippen LogP contribution in [0.1, 0.15) is 30.9 Å². The first-order valence-corrected chi connectivity index (χ1v) is 8.94. The van der Waals surface area contributed by atoms with Gasteiger partial charge in [0.25, 0.3) is 5.91 Å². The number of allylic oxidation sites excluding steroid dienone is 1. The second-order valence-corrected chi connectivity index (χ2v) is 7.64. The fourth-order valence-corrected chi connectivity index (χ4v) is 3.66. The maximum absolute atomic E-state index is 12.5. The first kappa shape index (κ1) is 16.5. The molecule has 0 saturated carbocycles. The zero-order chi connectivity index (χ0) is 17.5. The maximum atomic E-state index is 12.5. The fraction of sp³-hybridized carbons (Fsp3) is 0.235. The second-order valence-electron chi connectivity index (χ2n) is 5.87. The number of hydrogen-bond acceptors (Lipinski definition) is 4. The highest BCUT2D eigenvalue weighted by Crippen LogP contribution is 2.35. The quantitative estimate of drug-likeness (QED) is 0.833. The molecule has 1 aliphatic rings. The van der Waals surface area contributed by atoms with E-state index in [0.29, 0.717) is 22.6 Å². The van der Waals surface area contributed by atoms with Gasteiger partial charge in [-0.15, -0.1) is 0 Å². The minimum absolute atomic E-state index is 0.0694. The number of anilines is 1. The topological polar surface area (TPSA) is 88.4 Å². The molecule has 3 rings (SSSR count). The molecule has 0 radical (unpaired) electrons. The normalized spacial score (nSPS) is 13.8. The van der Waals surface area contributed by atoms with Crippen molar-refractivity contribution in [1.82, 2.24) is 4.72 Å². The predicted molar refractivity (Wildman–Crippen MR) is 90.8 cm³/mol. The molecule has 0 saturated heterocycles. The zero-order valence-corrected chi connectivity index (χ0v) is 14.5. The Labute approximate surface area is 140 Å². The van der Waals surface area contributed by atoms with Gasteiger partial charge in [0.15, 0.2) is 0 Å². The number of aryl methyl sites for hydroxylation is 1. The summed E-state index contributed by atoms with van der Waals surface area (Å²) in [6.07, 6.45) is 0. The Bertz CT molecular complexity index is 951. The van der Waals surface area contributed by atoms with Gasteiger partial charge in [-0.2, -0.15) is 0 Å². The third-order valence-electron chi connectivity index (χ3n) is 3.78. The Morgan fingerprint density at radius 2 is 1.96 bits per heavy atom. The van der Waals surface area contributed by atoms with Crippen LogP contribution in [0.3, 0.4) is 0 Å². The second kappa shape index (κ2) is 5.92. The van der Waals surface area contributed by atoms with Crippen molar-refractivity contribution in [1.29, 1.82) is 0 Å². The van der Waals surface area contributed by atoms with E-state index < -0.39 is 10.0 Å². The lowest BCUT2D eigenvalue weighted by molar-refractivity contribution is -0.110. The summed E-state index contributed by atoms with van der Waals surface area (Å²) in [5.74, 6) is 1.05. The Kier molecular flexibility index (Phi) is 4.06. The van der Waals surface area contributed by atoms with Gasteiger partial charge in [-0.3, -0.25) is 4.79 Å². The fourth-order valence-electron chi connectivity index (χ4n) is 2.64. The minimum Gasteiger partial charge on any atom is -0.465 e. The van der Waals surface area contributed by atoms with Crippen molar-refractivity contribution in [2.45, 2.75) is 32.2 Å². The summed E-state index contributed by atoms with van der Waals surface area (Å²) in [6, 6.07) is 8.10. The average Bonchev–Trinajstić information content (AvgIpc) is 3.06. The third-order valence-corrected chi connectivity index (χ3v) is 5.18. The summed E-state index contributed by atoms with van der Waals surface area (Å²) in [7, 11) is -3.71. The van der Waals surface area contributed by atoms with Crippen molar-refractivity contribution in [2.24, 2.45) is 0 Å². The minimum atomic E-state index is -3.71. The molecule has 2 N–H and O–H groups in total. The molecule has 1 aromatic carbocycles. The van der Waals surface area contributed by atoms with Gasteiger partial charge >= 0.3 is 0 Å². The van der Waals surface area contributed by atoms with Crippen LogP contribution < -0.4 is 10.0 Å². The van der Waals surface area contributed by atoms with Gasteiger partial charge < -0.3 is 9.73 Å². The summed E-state index contributed by atoms with van der Waals surface area (Å²) in [5, 5.41) is 2.74. The molecule has 1 amide bonds. The summed E-state index contributed by atoms with van der Waals surface area (Å²) in [4.78, 5) is 12.1. The molecule has 24 heavy (non-hydrogen) atoms. The van der Waals surface area contributed by atoms with Crippen LogP contribution in [-0.4, -0.2) is 14.3 Å². The van der Waals surface area contributed by atoms with Gasteiger partial charge in [-0.1, -0.05) is 5.57 Å². The monoisotopic (exact) mass is 346 g/mol. The molecule has 0 aliphatic carbocycles. The number of hydrogen-bond donors (Lipinski definition) is 2. The van der Waals surface area contributed by atoms with E-state index in [1.54, 1.807) is 25.1 Å². The number of benzene rings is 1. The molecule has 0 bridgehead atoms. The summed E-state index contributed by atoms with van der Waals surface area (Å²) < 4.78 is 32.9. The molecule has 2 aromatic rings. The molecule has 0 unspecified atom stereocenters. The van der Waals surface area contributed by atoms with Crippen molar-refractivity contribution in [2.75, 3.05) is 5.32 Å². The lowest BCUT2D eigenvalue weighted by Gasteiger charge is -2.08. The van der Waals surface area contributed by atoms with Gasteiger partial charge in [0, 0.05) is 16.8 Å². The van der Waals surface area contributed by atoms with Crippen molar-refractivity contribution in [3.63, 3.8) is 0 Å². The maximum Gasteiger partial charge on any atom is 0.256 e. The van der Waals surface area contributed by atoms with Gasteiger partial charge in [0.1, 0.15) is 11.5 Å². The molecule has 0 atom stereocenters. The number of fused-ring (bicyclic) bond motifs is 1. The van der Waals surface area contributed by atoms with Crippen molar-refractivity contribution < 1.29 is 17.6 Å². The summed E-state index contributed by atoms with van der Waals surface area (Å²) in [6.45, 7) is 5.51. The van der Waals surface area contributed by atoms with E-state index in [0.717, 1.165) is 11.3 Å². The van der Waals surface area contributed by atoms with Crippen LogP contribution in [0.2, 0.25) is 0 Å². The van der Waals surface area contributed by atoms with E-state index in [4.69, 9.17) is 4.42 Å². The van der Waals surface area contributed by atoms with Gasteiger partial charge in [0.05, 0.1) is 11.4 Å². The summed E-state index contributed by atoms with van der Waals surface area (Å²) in [5.41, 5.74) is 2.58. The molecule has 1 aliphatic heterocycles. The van der Waals surface area contributed by atoms with Gasteiger partial charge in [-0.25, -0.2) is 13.1 Å². The van der Waals surface area contributed by atoms with Gasteiger partial charge in [-0.05, 0) is 51.1 Å². The number of amides is 1. The molecule has 7 heteroatoms. The van der Waals surface area contributed by atoms with E-state index in [9.17, 15) is 13.2 Å². The van der Waals surface area contributed by atoms with Crippen molar-refractivity contribution >= 4 is 27.2 Å². The first-order chi connectivity index (χ1) is 11.3. The molecule has 0 spiro atoms. The SMILES string of the molecule is CC(C)=C1C(=O)Nc2ccc(S(=O)(=O)NCc3ccc(C)o3)cc21. The lowest BCUT2D eigenvalue weighted by atomic mass is 10.0. The number of carbonyl (C=O) groups is 1. The summed E-state index contributed by atoms with van der Waals surface area (Å²) >= 11 is 0. The molecule has 1 aromatic heterocycles. The highest BCUT2D eigenvalue weighted by molar-refractivity contribution is 7.89. The van der Waals surface area contributed by atoms with E-state index >= 15 is 0 Å². The molecular formula is C17H18N2O4S. The Morgan fingerprint density at radius 3 is 2.58 bits per heavy atom. The van der Waals surface area contributed by atoms with Gasteiger partial charge in [0.2, 0.25) is 10.0 Å². The number of carbonyl (C=O) groups excluding carboxylic acids is 1. The highest BCUT2D eigenvalue weighted by Gasteiger charge is 2.27. The number of sulfonamides is 1. The predicted octanol–water partition coefficient (Wildman–Crippen LogP) is 2.81. The third kappa shape index (κ3) is 3.00.